The predicted molar refractivity (Wildman–Crippen MR) is 170 cm³/mol. The fraction of sp³-hybridized carbons (Fsp3) is 0.278. The van der Waals surface area contributed by atoms with Crippen molar-refractivity contribution in [2.24, 2.45) is 0 Å². The van der Waals surface area contributed by atoms with Crippen molar-refractivity contribution in [1.82, 2.24) is 0 Å². The van der Waals surface area contributed by atoms with E-state index in [1.54, 1.807) is 19.1 Å². The summed E-state index contributed by atoms with van der Waals surface area (Å²) in [5.41, 5.74) is 0.419. The van der Waals surface area contributed by atoms with Crippen LogP contribution in [-0.2, 0) is 19.1 Å². The first-order valence-electron chi connectivity index (χ1n) is 15.1. The van der Waals surface area contributed by atoms with Crippen molar-refractivity contribution in [1.29, 1.82) is 0 Å². The number of carbonyl (C=O) groups excluding carboxylic acids is 4. The van der Waals surface area contributed by atoms with E-state index in [1.807, 2.05) is 0 Å². The average molecular weight is 667 g/mol. The van der Waals surface area contributed by atoms with Crippen LogP contribution in [0.5, 0.6) is 23.0 Å². The predicted octanol–water partition coefficient (Wildman–Crippen LogP) is 6.96. The third-order valence-electron chi connectivity index (χ3n) is 6.45. The maximum atomic E-state index is 14.7. The fourth-order valence-corrected chi connectivity index (χ4v) is 3.88. The van der Waals surface area contributed by atoms with Gasteiger partial charge in [0.1, 0.15) is 11.5 Å². The van der Waals surface area contributed by atoms with Gasteiger partial charge in [-0.15, -0.1) is 0 Å². The zero-order valence-corrected chi connectivity index (χ0v) is 26.5. The summed E-state index contributed by atoms with van der Waals surface area (Å²) in [6.45, 7) is 9.55. The molecule has 3 rings (SSSR count). The first-order chi connectivity index (χ1) is 23.1. The Morgan fingerprint density at radius 1 is 0.625 bits per heavy atom. The molecule has 0 saturated heterocycles. The molecule has 0 amide bonds. The Hall–Kier alpha value is -5.52. The molecule has 254 valence electrons. The molecule has 0 radical (unpaired) electrons. The lowest BCUT2D eigenvalue weighted by Crippen LogP contribution is -2.12. The Bertz CT molecular complexity index is 1580. The highest BCUT2D eigenvalue weighted by atomic mass is 19.2. The van der Waals surface area contributed by atoms with E-state index >= 15 is 0 Å². The van der Waals surface area contributed by atoms with Gasteiger partial charge < -0.3 is 28.4 Å². The zero-order chi connectivity index (χ0) is 34.9. The van der Waals surface area contributed by atoms with Gasteiger partial charge in [0.25, 0.3) is 0 Å². The lowest BCUT2D eigenvalue weighted by Gasteiger charge is -2.11. The minimum Gasteiger partial charge on any atom is -0.494 e. The Labute approximate surface area is 276 Å². The van der Waals surface area contributed by atoms with E-state index < -0.39 is 47.0 Å². The van der Waals surface area contributed by atoms with Crippen LogP contribution in [0.3, 0.4) is 0 Å². The van der Waals surface area contributed by atoms with Crippen LogP contribution in [0.25, 0.3) is 0 Å². The molecule has 3 aromatic carbocycles. The smallest absolute Gasteiger partial charge is 0.343 e. The van der Waals surface area contributed by atoms with Gasteiger partial charge in [-0.3, -0.25) is 0 Å². The van der Waals surface area contributed by atoms with Crippen molar-refractivity contribution in [2.45, 2.75) is 39.0 Å². The molecule has 10 nitrogen and oxygen atoms in total. The molecule has 0 N–H and O–H groups in total. The fourth-order valence-electron chi connectivity index (χ4n) is 3.88. The molecule has 0 aromatic heterocycles. The van der Waals surface area contributed by atoms with Crippen LogP contribution in [0.15, 0.2) is 85.5 Å². The monoisotopic (exact) mass is 666 g/mol. The summed E-state index contributed by atoms with van der Waals surface area (Å²) in [5, 5.41) is 0. The maximum Gasteiger partial charge on any atom is 0.343 e. The molecule has 0 unspecified atom stereocenters. The minimum absolute atomic E-state index is 0.0456. The summed E-state index contributed by atoms with van der Waals surface area (Å²) in [5.74, 6) is -6.28. The highest BCUT2D eigenvalue weighted by Gasteiger charge is 2.21. The molecular formula is C36H36F2O10. The first kappa shape index (κ1) is 36.9. The van der Waals surface area contributed by atoms with Crippen molar-refractivity contribution in [3.8, 4) is 23.0 Å². The maximum absolute atomic E-state index is 14.7. The van der Waals surface area contributed by atoms with Crippen LogP contribution >= 0.6 is 0 Å². The molecule has 0 aliphatic heterocycles. The van der Waals surface area contributed by atoms with E-state index in [1.165, 1.54) is 36.4 Å². The van der Waals surface area contributed by atoms with E-state index in [4.69, 9.17) is 28.4 Å². The number of esters is 4. The number of halogens is 2. The number of rotatable bonds is 19. The van der Waals surface area contributed by atoms with Gasteiger partial charge in [0.2, 0.25) is 11.6 Å². The highest BCUT2D eigenvalue weighted by molar-refractivity contribution is 5.92. The quantitative estimate of drug-likeness (QED) is 0.0574. The van der Waals surface area contributed by atoms with Crippen LogP contribution in [0, 0.1) is 11.6 Å². The Morgan fingerprint density at radius 2 is 1.06 bits per heavy atom. The SMILES string of the molecule is C=CC(=O)OCCCCCCOc1ccc(C(=O)Oc2ccc(OC(=O)c3ccc(OCCCOC(=O)C(=C)C)cc3)c(F)c2F)cc1. The van der Waals surface area contributed by atoms with Gasteiger partial charge in [0.05, 0.1) is 37.6 Å². The molecule has 0 heterocycles. The van der Waals surface area contributed by atoms with E-state index in [0.29, 0.717) is 36.7 Å². The second-order valence-electron chi connectivity index (χ2n) is 10.3. The molecule has 12 heteroatoms. The van der Waals surface area contributed by atoms with E-state index in [0.717, 1.165) is 43.9 Å². The standard InChI is InChI=1S/C36H36F2O10/c1-4-31(39)45-21-8-6-5-7-20-43-27-14-10-25(11-15-27)35(41)47-29-18-19-30(33(38)32(29)37)48-36(42)26-12-16-28(17-13-26)44-22-9-23-46-34(40)24(2)3/h4,10-19H,1-2,5-9,20-23H2,3H3. The summed E-state index contributed by atoms with van der Waals surface area (Å²) in [4.78, 5) is 47.4. The molecular weight excluding hydrogens is 630 g/mol. The second kappa shape index (κ2) is 19.2. The number of carbonyl (C=O) groups is 4. The molecule has 48 heavy (non-hydrogen) atoms. The summed E-state index contributed by atoms with van der Waals surface area (Å²) >= 11 is 0. The van der Waals surface area contributed by atoms with Gasteiger partial charge >= 0.3 is 23.9 Å². The van der Waals surface area contributed by atoms with Crippen LogP contribution in [0.4, 0.5) is 8.78 Å². The first-order valence-corrected chi connectivity index (χ1v) is 15.1. The third-order valence-corrected chi connectivity index (χ3v) is 6.45. The van der Waals surface area contributed by atoms with E-state index in [-0.39, 0.29) is 24.3 Å². The van der Waals surface area contributed by atoms with Crippen molar-refractivity contribution in [3.63, 3.8) is 0 Å². The normalized spacial score (nSPS) is 10.4. The van der Waals surface area contributed by atoms with Crippen LogP contribution in [-0.4, -0.2) is 50.3 Å². The number of hydrogen-bond donors (Lipinski definition) is 0. The molecule has 0 spiro atoms. The van der Waals surface area contributed by atoms with Crippen LogP contribution in [0.1, 0.15) is 59.7 Å². The second-order valence-corrected chi connectivity index (χ2v) is 10.3. The zero-order valence-electron chi connectivity index (χ0n) is 26.5. The number of benzene rings is 3. The van der Waals surface area contributed by atoms with Crippen LogP contribution < -0.4 is 18.9 Å². The summed E-state index contributed by atoms with van der Waals surface area (Å²) in [6, 6.07) is 13.6. The van der Waals surface area contributed by atoms with Gasteiger partial charge in [-0.25, -0.2) is 19.2 Å². The van der Waals surface area contributed by atoms with Crippen molar-refractivity contribution in [3.05, 3.63) is 108 Å². The topological polar surface area (TPSA) is 124 Å². The lowest BCUT2D eigenvalue weighted by molar-refractivity contribution is -0.139. The van der Waals surface area contributed by atoms with Crippen molar-refractivity contribution >= 4 is 23.9 Å². The molecule has 0 saturated carbocycles. The molecule has 0 bridgehead atoms. The average Bonchev–Trinajstić information content (AvgIpc) is 3.09. The number of unbranched alkanes of at least 4 members (excludes halogenated alkanes) is 3. The molecule has 3 aromatic rings. The third kappa shape index (κ3) is 12.0. The van der Waals surface area contributed by atoms with Gasteiger partial charge in [0, 0.05) is 18.1 Å². The molecule has 0 aliphatic rings. The van der Waals surface area contributed by atoms with Gasteiger partial charge in [0.15, 0.2) is 11.5 Å². The van der Waals surface area contributed by atoms with Gasteiger partial charge in [-0.1, -0.05) is 13.2 Å². The Balaban J connectivity index is 1.43. The highest BCUT2D eigenvalue weighted by Crippen LogP contribution is 2.29. The van der Waals surface area contributed by atoms with E-state index in [2.05, 4.69) is 13.2 Å². The van der Waals surface area contributed by atoms with Gasteiger partial charge in [-0.2, -0.15) is 8.78 Å². The van der Waals surface area contributed by atoms with Crippen LogP contribution in [0.2, 0.25) is 0 Å². The minimum atomic E-state index is -1.51. The van der Waals surface area contributed by atoms with Crippen molar-refractivity contribution in [2.75, 3.05) is 26.4 Å². The summed E-state index contributed by atoms with van der Waals surface area (Å²) in [7, 11) is 0. The largest absolute Gasteiger partial charge is 0.494 e. The summed E-state index contributed by atoms with van der Waals surface area (Å²) < 4.78 is 60.6. The molecule has 0 aliphatic carbocycles. The summed E-state index contributed by atoms with van der Waals surface area (Å²) in [6.07, 6.45) is 4.80. The molecule has 0 atom stereocenters. The Morgan fingerprint density at radius 3 is 1.52 bits per heavy atom. The molecule has 0 fully saturated rings. The number of hydrogen-bond acceptors (Lipinski definition) is 10. The Kier molecular flexibility index (Phi) is 14.8. The lowest BCUT2D eigenvalue weighted by atomic mass is 10.2. The van der Waals surface area contributed by atoms with Crippen molar-refractivity contribution < 1.29 is 56.4 Å². The number of ether oxygens (including phenoxy) is 6. The van der Waals surface area contributed by atoms with E-state index in [9.17, 15) is 28.0 Å². The van der Waals surface area contributed by atoms with Gasteiger partial charge in [-0.05, 0) is 93.3 Å².